The molecule has 31 heavy (non-hydrogen) atoms. The van der Waals surface area contributed by atoms with Gasteiger partial charge in [-0.15, -0.1) is 0 Å². The number of allylic oxidation sites excluding steroid dienone is 2. The second-order valence-electron chi connectivity index (χ2n) is 12.6. The normalized spacial score (nSPS) is 44.1. The minimum absolute atomic E-state index is 0.0177. The molecule has 0 aromatic carbocycles. The van der Waals surface area contributed by atoms with Crippen LogP contribution in [0.4, 0.5) is 0 Å². The van der Waals surface area contributed by atoms with Crippen molar-refractivity contribution < 1.29 is 9.59 Å². The quantitative estimate of drug-likeness (QED) is 0.429. The molecule has 0 unspecified atom stereocenters. The van der Waals surface area contributed by atoms with E-state index in [2.05, 4.69) is 47.6 Å². The number of hydrogen-bond donors (Lipinski definition) is 0. The molecular formula is C29H46O2. The van der Waals surface area contributed by atoms with Gasteiger partial charge in [-0.3, -0.25) is 9.59 Å². The Morgan fingerprint density at radius 3 is 2.39 bits per heavy atom. The molecule has 174 valence electrons. The van der Waals surface area contributed by atoms with Gasteiger partial charge in [0.15, 0.2) is 0 Å². The molecule has 0 aromatic rings. The van der Waals surface area contributed by atoms with Crippen molar-refractivity contribution in [2.75, 3.05) is 0 Å². The van der Waals surface area contributed by atoms with E-state index < -0.39 is 0 Å². The summed E-state index contributed by atoms with van der Waals surface area (Å²) in [7, 11) is 0. The van der Waals surface area contributed by atoms with Gasteiger partial charge in [-0.2, -0.15) is 0 Å². The monoisotopic (exact) mass is 426 g/mol. The van der Waals surface area contributed by atoms with Gasteiger partial charge in [-0.25, -0.2) is 0 Å². The molecule has 0 heterocycles. The second-order valence-corrected chi connectivity index (χ2v) is 12.6. The highest BCUT2D eigenvalue weighted by molar-refractivity contribution is 5.90. The van der Waals surface area contributed by atoms with E-state index in [9.17, 15) is 9.59 Å². The summed E-state index contributed by atoms with van der Waals surface area (Å²) in [5, 5.41) is 0. The van der Waals surface area contributed by atoms with Crippen molar-refractivity contribution >= 4 is 11.6 Å². The van der Waals surface area contributed by atoms with Crippen LogP contribution in [-0.2, 0) is 9.59 Å². The van der Waals surface area contributed by atoms with Crippen LogP contribution in [0.15, 0.2) is 11.6 Å². The van der Waals surface area contributed by atoms with E-state index in [1.165, 1.54) is 38.5 Å². The molecule has 0 aliphatic heterocycles. The number of fused-ring (bicyclic) bond motifs is 5. The van der Waals surface area contributed by atoms with E-state index in [1.54, 1.807) is 5.57 Å². The molecule has 2 heteroatoms. The lowest BCUT2D eigenvalue weighted by molar-refractivity contribution is -0.158. The van der Waals surface area contributed by atoms with Gasteiger partial charge in [0.2, 0.25) is 0 Å². The van der Waals surface area contributed by atoms with Crippen LogP contribution in [0.5, 0.6) is 0 Å². The molecule has 4 saturated carbocycles. The molecule has 0 saturated heterocycles. The van der Waals surface area contributed by atoms with E-state index in [0.29, 0.717) is 53.5 Å². The number of hydrogen-bond acceptors (Lipinski definition) is 2. The highest BCUT2D eigenvalue weighted by Crippen LogP contribution is 2.67. The van der Waals surface area contributed by atoms with Crippen LogP contribution in [0.25, 0.3) is 0 Å². The average Bonchev–Trinajstić information content (AvgIpc) is 3.07. The van der Waals surface area contributed by atoms with Crippen molar-refractivity contribution in [2.24, 2.45) is 52.3 Å². The van der Waals surface area contributed by atoms with Crippen molar-refractivity contribution in [3.05, 3.63) is 11.6 Å². The summed E-state index contributed by atoms with van der Waals surface area (Å²) >= 11 is 0. The number of rotatable bonds is 5. The highest BCUT2D eigenvalue weighted by atomic mass is 16.1. The summed E-state index contributed by atoms with van der Waals surface area (Å²) in [6, 6.07) is 0. The molecule has 0 bridgehead atoms. The van der Waals surface area contributed by atoms with Gasteiger partial charge in [0.05, 0.1) is 0 Å². The number of Topliss-reactive ketones (excluding diaryl/α,β-unsaturated/α-hetero) is 2. The van der Waals surface area contributed by atoms with Crippen LogP contribution < -0.4 is 0 Å². The molecule has 4 fully saturated rings. The van der Waals surface area contributed by atoms with Gasteiger partial charge >= 0.3 is 0 Å². The van der Waals surface area contributed by atoms with Crippen LogP contribution in [-0.4, -0.2) is 11.6 Å². The zero-order chi connectivity index (χ0) is 22.6. The molecule has 4 aliphatic rings. The van der Waals surface area contributed by atoms with Gasteiger partial charge in [-0.05, 0) is 91.3 Å². The average molecular weight is 427 g/mol. The third-order valence-electron chi connectivity index (χ3n) is 10.9. The van der Waals surface area contributed by atoms with Gasteiger partial charge in [0, 0.05) is 25.2 Å². The Balaban J connectivity index is 1.53. The Morgan fingerprint density at radius 1 is 1.00 bits per heavy atom. The first-order chi connectivity index (χ1) is 14.6. The highest BCUT2D eigenvalue weighted by Gasteiger charge is 2.62. The molecule has 4 rings (SSSR count). The van der Waals surface area contributed by atoms with Crippen molar-refractivity contribution in [2.45, 2.75) is 106 Å². The third kappa shape index (κ3) is 3.78. The minimum Gasteiger partial charge on any atom is -0.300 e. The molecule has 2 nitrogen and oxygen atoms in total. The van der Waals surface area contributed by atoms with E-state index in [1.807, 2.05) is 0 Å². The van der Waals surface area contributed by atoms with Gasteiger partial charge in [0.25, 0.3) is 0 Å². The maximum atomic E-state index is 13.3. The Hall–Kier alpha value is -0.920. The standard InChI is InChI=1S/C29H46O2/c1-7-20(18(2)3)9-8-19(4)23-10-11-24-22-17-27(31)26-16-21(30)12-14-29(26,6)25(22)13-15-28(23,24)5/h9,18-19,22-26H,7-8,10-17H2,1-6H3/b20-9+/t19-,22+,23-,24+,25+,26-,28-,29-/m1/s1. The summed E-state index contributed by atoms with van der Waals surface area (Å²) in [5.41, 5.74) is 2.08. The summed E-state index contributed by atoms with van der Waals surface area (Å²) in [5.74, 6) is 4.86. The van der Waals surface area contributed by atoms with Crippen LogP contribution in [0.3, 0.4) is 0 Å². The van der Waals surface area contributed by atoms with E-state index in [-0.39, 0.29) is 11.3 Å². The largest absolute Gasteiger partial charge is 0.300 e. The molecule has 0 radical (unpaired) electrons. The first kappa shape index (κ1) is 23.2. The predicted octanol–water partition coefficient (Wildman–Crippen LogP) is 7.41. The maximum absolute atomic E-state index is 13.3. The lowest BCUT2D eigenvalue weighted by Gasteiger charge is -2.59. The van der Waals surface area contributed by atoms with E-state index >= 15 is 0 Å². The van der Waals surface area contributed by atoms with Gasteiger partial charge in [-0.1, -0.05) is 53.2 Å². The fourth-order valence-corrected chi connectivity index (χ4v) is 9.10. The minimum atomic E-state index is 0.0177. The Bertz CT molecular complexity index is 748. The van der Waals surface area contributed by atoms with Crippen molar-refractivity contribution in [1.29, 1.82) is 0 Å². The molecule has 0 spiro atoms. The van der Waals surface area contributed by atoms with Crippen molar-refractivity contribution in [3.8, 4) is 0 Å². The second kappa shape index (κ2) is 8.45. The topological polar surface area (TPSA) is 34.1 Å². The van der Waals surface area contributed by atoms with E-state index in [0.717, 1.165) is 24.7 Å². The first-order valence-electron chi connectivity index (χ1n) is 13.3. The summed E-state index contributed by atoms with van der Waals surface area (Å²) in [6.45, 7) is 14.4. The van der Waals surface area contributed by atoms with Gasteiger partial charge < -0.3 is 0 Å². The van der Waals surface area contributed by atoms with Crippen LogP contribution in [0, 0.1) is 52.3 Å². The van der Waals surface area contributed by atoms with Crippen LogP contribution in [0.1, 0.15) is 106 Å². The summed E-state index contributed by atoms with van der Waals surface area (Å²) in [6.07, 6.45) is 13.1. The Morgan fingerprint density at radius 2 is 1.71 bits per heavy atom. The van der Waals surface area contributed by atoms with E-state index in [4.69, 9.17) is 0 Å². The lowest BCUT2D eigenvalue weighted by Crippen LogP contribution is -2.56. The number of carbonyl (C=O) groups excluding carboxylic acids is 2. The molecule has 0 N–H and O–H groups in total. The fourth-order valence-electron chi connectivity index (χ4n) is 9.10. The lowest BCUT2D eigenvalue weighted by atomic mass is 9.44. The van der Waals surface area contributed by atoms with Crippen LogP contribution in [0.2, 0.25) is 0 Å². The number of carbonyl (C=O) groups is 2. The Kier molecular flexibility index (Phi) is 6.34. The smallest absolute Gasteiger partial charge is 0.137 e. The molecular weight excluding hydrogens is 380 g/mol. The zero-order valence-corrected chi connectivity index (χ0v) is 21.0. The fraction of sp³-hybridized carbons (Fsp3) is 0.862. The molecule has 4 aliphatic carbocycles. The third-order valence-corrected chi connectivity index (χ3v) is 10.9. The molecule has 0 aromatic heterocycles. The predicted molar refractivity (Wildman–Crippen MR) is 128 cm³/mol. The molecule has 8 atom stereocenters. The van der Waals surface area contributed by atoms with Crippen molar-refractivity contribution in [1.82, 2.24) is 0 Å². The van der Waals surface area contributed by atoms with Gasteiger partial charge in [0.1, 0.15) is 11.6 Å². The first-order valence-corrected chi connectivity index (χ1v) is 13.3. The Labute approximate surface area is 191 Å². The summed E-state index contributed by atoms with van der Waals surface area (Å²) in [4.78, 5) is 25.4. The molecule has 0 amide bonds. The summed E-state index contributed by atoms with van der Waals surface area (Å²) < 4.78 is 0. The SMILES string of the molecule is CC/C(=C\C[C@@H](C)[C@H]1CC[C@H]2[C@@H]3CC(=O)[C@H]4CC(=O)CC[C@]4(C)[C@H]3CC[C@]12C)C(C)C. The maximum Gasteiger partial charge on any atom is 0.137 e. The van der Waals surface area contributed by atoms with Crippen molar-refractivity contribution in [3.63, 3.8) is 0 Å². The number of ketones is 2. The van der Waals surface area contributed by atoms with Crippen LogP contribution >= 0.6 is 0 Å². The zero-order valence-electron chi connectivity index (χ0n) is 21.0.